The molecule has 1 aliphatic carbocycles. The van der Waals surface area contributed by atoms with Crippen LogP contribution >= 0.6 is 0 Å². The van der Waals surface area contributed by atoms with Gasteiger partial charge in [0.25, 0.3) is 5.91 Å². The molecule has 3 unspecified atom stereocenters. The molecule has 0 bridgehead atoms. The third kappa shape index (κ3) is 3.49. The van der Waals surface area contributed by atoms with Crippen LogP contribution in [0.3, 0.4) is 0 Å². The summed E-state index contributed by atoms with van der Waals surface area (Å²) in [7, 11) is 0. The lowest BCUT2D eigenvalue weighted by atomic mass is 9.90. The Morgan fingerprint density at radius 2 is 1.91 bits per heavy atom. The molecule has 6 rings (SSSR count). The molecule has 0 spiro atoms. The number of piperidine rings is 1. The van der Waals surface area contributed by atoms with E-state index in [0.29, 0.717) is 22.8 Å². The fourth-order valence-corrected chi connectivity index (χ4v) is 5.50. The number of likely N-dealkylation sites (tertiary alicyclic amines) is 1. The lowest BCUT2D eigenvalue weighted by Gasteiger charge is -2.39. The van der Waals surface area contributed by atoms with E-state index < -0.39 is 0 Å². The first-order chi connectivity index (χ1) is 16.2. The van der Waals surface area contributed by atoms with Crippen LogP contribution in [0.1, 0.15) is 36.0 Å². The average molecular weight is 439 g/mol. The third-order valence-electron chi connectivity index (χ3n) is 7.11. The van der Waals surface area contributed by atoms with Gasteiger partial charge in [-0.3, -0.25) is 9.78 Å². The number of nitrogens with zero attached hydrogens (tertiary/aromatic N) is 5. The highest BCUT2D eigenvalue weighted by atomic mass is 16.2. The predicted molar refractivity (Wildman–Crippen MR) is 126 cm³/mol. The van der Waals surface area contributed by atoms with Crippen molar-refractivity contribution in [1.29, 1.82) is 0 Å². The van der Waals surface area contributed by atoms with Gasteiger partial charge in [0.05, 0.1) is 23.1 Å². The quantitative estimate of drug-likeness (QED) is 0.526. The number of amides is 1. The van der Waals surface area contributed by atoms with Crippen LogP contribution in [0.4, 0.5) is 0 Å². The fraction of sp³-hybridized carbons (Fsp3) is 0.308. The standard InChI is InChI=1S/C26H26N6O/c27-21-9-8-18-7-4-13-31(24(18)21)26(33)19-10-12-28-23(15-19)20-16-29-32-14-11-22(30-25(20)32)17-5-2-1-3-6-17/h1-3,5-6,10-12,14-16,18,21,24H,4,7-9,13,27H2. The molecule has 33 heavy (non-hydrogen) atoms. The maximum Gasteiger partial charge on any atom is 0.254 e. The lowest BCUT2D eigenvalue weighted by molar-refractivity contribution is 0.0524. The van der Waals surface area contributed by atoms with Crippen LogP contribution in [0.2, 0.25) is 0 Å². The van der Waals surface area contributed by atoms with Gasteiger partial charge in [-0.05, 0) is 49.8 Å². The number of pyridine rings is 1. The number of fused-ring (bicyclic) bond motifs is 2. The van der Waals surface area contributed by atoms with Crippen LogP contribution in [0, 0.1) is 5.92 Å². The summed E-state index contributed by atoms with van der Waals surface area (Å²) < 4.78 is 1.74. The van der Waals surface area contributed by atoms with E-state index in [9.17, 15) is 4.79 Å². The van der Waals surface area contributed by atoms with Gasteiger partial charge in [0.15, 0.2) is 5.65 Å². The van der Waals surface area contributed by atoms with E-state index in [4.69, 9.17) is 10.7 Å². The van der Waals surface area contributed by atoms with Crippen LogP contribution in [-0.2, 0) is 0 Å². The Labute approximate surface area is 192 Å². The molecule has 4 aromatic rings. The first-order valence-corrected chi connectivity index (χ1v) is 11.6. The summed E-state index contributed by atoms with van der Waals surface area (Å²) >= 11 is 0. The smallest absolute Gasteiger partial charge is 0.254 e. The van der Waals surface area contributed by atoms with Gasteiger partial charge in [0, 0.05) is 42.1 Å². The van der Waals surface area contributed by atoms with Crippen molar-refractivity contribution < 1.29 is 4.79 Å². The maximum absolute atomic E-state index is 13.5. The normalized spacial score (nSPS) is 22.5. The number of carbonyl (C=O) groups is 1. The van der Waals surface area contributed by atoms with Gasteiger partial charge >= 0.3 is 0 Å². The number of aromatic nitrogens is 4. The minimum Gasteiger partial charge on any atom is -0.334 e. The fourth-order valence-electron chi connectivity index (χ4n) is 5.50. The van der Waals surface area contributed by atoms with Gasteiger partial charge in [-0.15, -0.1) is 0 Å². The van der Waals surface area contributed by atoms with Gasteiger partial charge in [-0.25, -0.2) is 9.50 Å². The van der Waals surface area contributed by atoms with Crippen molar-refractivity contribution in [1.82, 2.24) is 24.5 Å². The average Bonchev–Trinajstić information content (AvgIpc) is 3.47. The number of benzene rings is 1. The van der Waals surface area contributed by atoms with Gasteiger partial charge in [-0.2, -0.15) is 5.10 Å². The van der Waals surface area contributed by atoms with Gasteiger partial charge in [0.1, 0.15) is 0 Å². The number of rotatable bonds is 3. The van der Waals surface area contributed by atoms with E-state index in [1.165, 1.54) is 6.42 Å². The zero-order valence-electron chi connectivity index (χ0n) is 18.3. The molecule has 0 radical (unpaired) electrons. The molecule has 1 aliphatic heterocycles. The first kappa shape index (κ1) is 20.1. The maximum atomic E-state index is 13.5. The van der Waals surface area contributed by atoms with E-state index in [1.807, 2.05) is 53.6 Å². The molecule has 2 fully saturated rings. The summed E-state index contributed by atoms with van der Waals surface area (Å²) in [6.45, 7) is 0.768. The summed E-state index contributed by atoms with van der Waals surface area (Å²) in [6, 6.07) is 15.9. The molecule has 7 heteroatoms. The summed E-state index contributed by atoms with van der Waals surface area (Å²) in [5.41, 5.74) is 11.2. The minimum atomic E-state index is 0.0418. The van der Waals surface area contributed by atoms with E-state index in [1.54, 1.807) is 23.0 Å². The van der Waals surface area contributed by atoms with Crippen molar-refractivity contribution in [2.45, 2.75) is 37.8 Å². The van der Waals surface area contributed by atoms with Crippen LogP contribution in [0.15, 0.2) is 67.1 Å². The Morgan fingerprint density at radius 1 is 1.03 bits per heavy atom. The zero-order chi connectivity index (χ0) is 22.4. The number of hydrogen-bond acceptors (Lipinski definition) is 5. The van der Waals surface area contributed by atoms with Crippen LogP contribution in [0.25, 0.3) is 28.2 Å². The molecule has 3 atom stereocenters. The predicted octanol–water partition coefficient (Wildman–Crippen LogP) is 3.80. The van der Waals surface area contributed by atoms with Crippen molar-refractivity contribution in [2.24, 2.45) is 11.7 Å². The van der Waals surface area contributed by atoms with Gasteiger partial charge in [0.2, 0.25) is 0 Å². The van der Waals surface area contributed by atoms with Crippen molar-refractivity contribution in [2.75, 3.05) is 6.54 Å². The lowest BCUT2D eigenvalue weighted by Crippen LogP contribution is -2.53. The Hall–Kier alpha value is -3.58. The van der Waals surface area contributed by atoms with Crippen molar-refractivity contribution in [3.63, 3.8) is 0 Å². The monoisotopic (exact) mass is 438 g/mol. The van der Waals surface area contributed by atoms with E-state index in [2.05, 4.69) is 10.1 Å². The van der Waals surface area contributed by atoms with Crippen molar-refractivity contribution in [3.05, 3.63) is 72.7 Å². The highest BCUT2D eigenvalue weighted by Gasteiger charge is 2.42. The molecule has 1 saturated carbocycles. The highest BCUT2D eigenvalue weighted by Crippen LogP contribution is 2.37. The molecule has 1 aromatic carbocycles. The second-order valence-electron chi connectivity index (χ2n) is 9.07. The van der Waals surface area contributed by atoms with E-state index in [0.717, 1.165) is 42.6 Å². The Morgan fingerprint density at radius 3 is 2.79 bits per heavy atom. The van der Waals surface area contributed by atoms with Crippen LogP contribution in [-0.4, -0.2) is 49.0 Å². The number of hydrogen-bond donors (Lipinski definition) is 1. The Bertz CT molecular complexity index is 1310. The largest absolute Gasteiger partial charge is 0.334 e. The molecule has 1 saturated heterocycles. The molecule has 4 heterocycles. The summed E-state index contributed by atoms with van der Waals surface area (Å²) in [5.74, 6) is 0.569. The van der Waals surface area contributed by atoms with E-state index in [-0.39, 0.29) is 18.0 Å². The van der Waals surface area contributed by atoms with Gasteiger partial charge < -0.3 is 10.6 Å². The van der Waals surface area contributed by atoms with Gasteiger partial charge in [-0.1, -0.05) is 30.3 Å². The van der Waals surface area contributed by atoms with Crippen molar-refractivity contribution in [3.8, 4) is 22.5 Å². The Balaban J connectivity index is 1.36. The molecular weight excluding hydrogens is 412 g/mol. The summed E-state index contributed by atoms with van der Waals surface area (Å²) in [4.78, 5) is 24.9. The molecule has 1 amide bonds. The molecule has 2 N–H and O–H groups in total. The Kier molecular flexibility index (Phi) is 4.91. The number of nitrogens with two attached hydrogens (primary N) is 1. The SMILES string of the molecule is NC1CCC2CCCN(C(=O)c3ccnc(-c4cnn5ccc(-c6ccccc6)nc45)c3)C12. The molecule has 2 aliphatic rings. The second-order valence-corrected chi connectivity index (χ2v) is 9.07. The molecule has 3 aromatic heterocycles. The van der Waals surface area contributed by atoms with Crippen molar-refractivity contribution >= 4 is 11.6 Å². The molecular formula is C26H26N6O. The van der Waals surface area contributed by atoms with Crippen LogP contribution in [0.5, 0.6) is 0 Å². The molecule has 166 valence electrons. The second kappa shape index (κ2) is 8.08. The summed E-state index contributed by atoms with van der Waals surface area (Å²) in [6.07, 6.45) is 9.69. The van der Waals surface area contributed by atoms with Crippen LogP contribution < -0.4 is 5.73 Å². The summed E-state index contributed by atoms with van der Waals surface area (Å²) in [5, 5.41) is 4.45. The zero-order valence-corrected chi connectivity index (χ0v) is 18.3. The molecule has 7 nitrogen and oxygen atoms in total. The number of carbonyl (C=O) groups excluding carboxylic acids is 1. The highest BCUT2D eigenvalue weighted by molar-refractivity contribution is 5.96. The third-order valence-corrected chi connectivity index (χ3v) is 7.11. The van der Waals surface area contributed by atoms with E-state index >= 15 is 0 Å². The minimum absolute atomic E-state index is 0.0418. The topological polar surface area (TPSA) is 89.4 Å². The first-order valence-electron chi connectivity index (χ1n) is 11.6.